The maximum atomic E-state index is 11.4. The first-order valence-electron chi connectivity index (χ1n) is 5.59. The maximum absolute atomic E-state index is 11.4. The molecule has 1 aliphatic rings. The average Bonchev–Trinajstić information content (AvgIpc) is 2.80. The molecule has 1 aromatic heterocycles. The van der Waals surface area contributed by atoms with Crippen LogP contribution in [-0.4, -0.2) is 17.2 Å². The zero-order valence-corrected chi connectivity index (χ0v) is 9.54. The quantitative estimate of drug-likeness (QED) is 0.596. The molecule has 0 saturated heterocycles. The van der Waals surface area contributed by atoms with E-state index in [0.717, 1.165) is 16.9 Å². The maximum Gasteiger partial charge on any atom is 0.338 e. The molecule has 2 aromatic rings. The summed E-state index contributed by atoms with van der Waals surface area (Å²) in [6, 6.07) is 11.0. The van der Waals surface area contributed by atoms with Crippen molar-refractivity contribution in [2.45, 2.75) is 6.61 Å². The third kappa shape index (κ3) is 1.88. The molecule has 0 fully saturated rings. The van der Waals surface area contributed by atoms with Crippen molar-refractivity contribution in [3.63, 3.8) is 0 Å². The van der Waals surface area contributed by atoms with Crippen LogP contribution in [0.2, 0.25) is 0 Å². The van der Waals surface area contributed by atoms with Crippen molar-refractivity contribution >= 4 is 17.9 Å². The van der Waals surface area contributed by atoms with Gasteiger partial charge in [-0.25, -0.2) is 4.79 Å². The molecule has 1 aliphatic heterocycles. The van der Waals surface area contributed by atoms with Crippen LogP contribution in [0.4, 0.5) is 5.69 Å². The van der Waals surface area contributed by atoms with Crippen LogP contribution in [0.1, 0.15) is 21.6 Å². The summed E-state index contributed by atoms with van der Waals surface area (Å²) >= 11 is 0. The Morgan fingerprint density at radius 2 is 2.17 bits per heavy atom. The van der Waals surface area contributed by atoms with E-state index in [1.165, 1.54) is 0 Å². The molecule has 0 aliphatic carbocycles. The lowest BCUT2D eigenvalue weighted by atomic mass is 10.1. The Hall–Kier alpha value is -2.49. The van der Waals surface area contributed by atoms with Crippen molar-refractivity contribution in [2.24, 2.45) is 4.99 Å². The largest absolute Gasteiger partial charge is 0.457 e. The highest BCUT2D eigenvalue weighted by atomic mass is 16.5. The first-order chi connectivity index (χ1) is 8.84. The molecule has 2 heterocycles. The summed E-state index contributed by atoms with van der Waals surface area (Å²) in [6.07, 6.45) is 3.39. The summed E-state index contributed by atoms with van der Waals surface area (Å²) < 4.78 is 4.99. The molecule has 0 spiro atoms. The number of hydrogen-bond acceptors (Lipinski definition) is 4. The summed E-state index contributed by atoms with van der Waals surface area (Å²) in [6.45, 7) is 0.296. The van der Waals surface area contributed by atoms with Crippen molar-refractivity contribution < 1.29 is 9.53 Å². The lowest BCUT2D eigenvalue weighted by Crippen LogP contribution is -1.92. The number of carbonyl (C=O) groups excluding carboxylic acids is 1. The number of benzene rings is 1. The minimum Gasteiger partial charge on any atom is -0.457 e. The first-order valence-corrected chi connectivity index (χ1v) is 5.59. The molecular formula is C14H10N2O2. The highest BCUT2D eigenvalue weighted by molar-refractivity contribution is 5.95. The van der Waals surface area contributed by atoms with Gasteiger partial charge in [0.25, 0.3) is 0 Å². The second kappa shape index (κ2) is 4.41. The highest BCUT2D eigenvalue weighted by Crippen LogP contribution is 2.29. The Morgan fingerprint density at radius 3 is 3.00 bits per heavy atom. The SMILES string of the molecule is O=C1OCc2c(N=Cc3ccccn3)cccc21. The number of pyridine rings is 1. The topological polar surface area (TPSA) is 51.5 Å². The van der Waals surface area contributed by atoms with Crippen LogP contribution in [0.3, 0.4) is 0 Å². The van der Waals surface area contributed by atoms with Gasteiger partial charge in [-0.3, -0.25) is 9.98 Å². The molecule has 0 bridgehead atoms. The van der Waals surface area contributed by atoms with Crippen molar-refractivity contribution in [3.8, 4) is 0 Å². The van der Waals surface area contributed by atoms with Crippen LogP contribution in [0.25, 0.3) is 0 Å². The minimum atomic E-state index is -0.278. The standard InChI is InChI=1S/C14H10N2O2/c17-14-11-5-3-6-13(12(11)9-18-14)16-8-10-4-1-2-7-15-10/h1-8H,9H2. The Kier molecular flexibility index (Phi) is 2.61. The van der Waals surface area contributed by atoms with E-state index in [4.69, 9.17) is 4.74 Å². The smallest absolute Gasteiger partial charge is 0.338 e. The molecule has 88 valence electrons. The molecule has 4 nitrogen and oxygen atoms in total. The van der Waals surface area contributed by atoms with Crippen molar-refractivity contribution in [3.05, 3.63) is 59.4 Å². The van der Waals surface area contributed by atoms with E-state index in [2.05, 4.69) is 9.98 Å². The lowest BCUT2D eigenvalue weighted by molar-refractivity contribution is 0.0535. The zero-order chi connectivity index (χ0) is 12.4. The molecule has 1 aromatic carbocycles. The number of ether oxygens (including phenoxy) is 1. The van der Waals surface area contributed by atoms with E-state index in [-0.39, 0.29) is 5.97 Å². The number of rotatable bonds is 2. The van der Waals surface area contributed by atoms with Crippen LogP contribution >= 0.6 is 0 Å². The second-order valence-corrected chi connectivity index (χ2v) is 3.89. The van der Waals surface area contributed by atoms with Gasteiger partial charge in [0.2, 0.25) is 0 Å². The number of aromatic nitrogens is 1. The fraction of sp³-hybridized carbons (Fsp3) is 0.0714. The number of esters is 1. The first kappa shape index (κ1) is 10.7. The minimum absolute atomic E-state index is 0.278. The molecule has 4 heteroatoms. The van der Waals surface area contributed by atoms with Crippen LogP contribution < -0.4 is 0 Å². The Bertz CT molecular complexity index is 621. The summed E-state index contributed by atoms with van der Waals surface area (Å²) in [4.78, 5) is 19.9. The lowest BCUT2D eigenvalue weighted by Gasteiger charge is -1.99. The van der Waals surface area contributed by atoms with Gasteiger partial charge in [0.1, 0.15) is 6.61 Å². The molecule has 18 heavy (non-hydrogen) atoms. The van der Waals surface area contributed by atoms with Gasteiger partial charge < -0.3 is 4.74 Å². The van der Waals surface area contributed by atoms with Crippen molar-refractivity contribution in [2.75, 3.05) is 0 Å². The molecule has 0 amide bonds. The van der Waals surface area contributed by atoms with E-state index >= 15 is 0 Å². The van der Waals surface area contributed by atoms with Crippen LogP contribution in [0.5, 0.6) is 0 Å². The van der Waals surface area contributed by atoms with Crippen LogP contribution in [0.15, 0.2) is 47.6 Å². The van der Waals surface area contributed by atoms with E-state index in [1.54, 1.807) is 24.5 Å². The Labute approximate surface area is 104 Å². The number of nitrogens with zero attached hydrogens (tertiary/aromatic N) is 2. The number of cyclic esters (lactones) is 1. The molecule has 0 saturated carbocycles. The molecule has 0 N–H and O–H groups in total. The fourth-order valence-electron chi connectivity index (χ4n) is 1.84. The molecule has 0 atom stereocenters. The zero-order valence-electron chi connectivity index (χ0n) is 9.54. The van der Waals surface area contributed by atoms with Gasteiger partial charge in [-0.1, -0.05) is 12.1 Å². The van der Waals surface area contributed by atoms with E-state index in [0.29, 0.717) is 12.2 Å². The van der Waals surface area contributed by atoms with Gasteiger partial charge in [0, 0.05) is 11.8 Å². The van der Waals surface area contributed by atoms with Gasteiger partial charge in [0.05, 0.1) is 23.2 Å². The summed E-state index contributed by atoms with van der Waals surface area (Å²) in [5, 5.41) is 0. The van der Waals surface area contributed by atoms with E-state index in [9.17, 15) is 4.79 Å². The monoisotopic (exact) mass is 238 g/mol. The van der Waals surface area contributed by atoms with E-state index in [1.807, 2.05) is 24.3 Å². The molecular weight excluding hydrogens is 228 g/mol. The summed E-state index contributed by atoms with van der Waals surface area (Å²) in [5.74, 6) is -0.278. The van der Waals surface area contributed by atoms with Gasteiger partial charge in [-0.05, 0) is 24.3 Å². The normalized spacial score (nSPS) is 13.7. The van der Waals surface area contributed by atoms with Gasteiger partial charge in [-0.2, -0.15) is 0 Å². The van der Waals surface area contributed by atoms with Gasteiger partial charge in [0.15, 0.2) is 0 Å². The van der Waals surface area contributed by atoms with Crippen LogP contribution in [0, 0.1) is 0 Å². The number of carbonyl (C=O) groups is 1. The highest BCUT2D eigenvalue weighted by Gasteiger charge is 2.22. The molecule has 3 rings (SSSR count). The predicted molar refractivity (Wildman–Crippen MR) is 67.1 cm³/mol. The van der Waals surface area contributed by atoms with Crippen molar-refractivity contribution in [1.82, 2.24) is 4.98 Å². The predicted octanol–water partition coefficient (Wildman–Crippen LogP) is 2.50. The number of hydrogen-bond donors (Lipinski definition) is 0. The average molecular weight is 238 g/mol. The number of aliphatic imine (C=N–C) groups is 1. The van der Waals surface area contributed by atoms with Gasteiger partial charge >= 0.3 is 5.97 Å². The Morgan fingerprint density at radius 1 is 1.22 bits per heavy atom. The van der Waals surface area contributed by atoms with E-state index < -0.39 is 0 Å². The second-order valence-electron chi connectivity index (χ2n) is 3.89. The van der Waals surface area contributed by atoms with Gasteiger partial charge in [-0.15, -0.1) is 0 Å². The van der Waals surface area contributed by atoms with Crippen LogP contribution in [-0.2, 0) is 11.3 Å². The Balaban J connectivity index is 1.95. The fourth-order valence-corrected chi connectivity index (χ4v) is 1.84. The summed E-state index contributed by atoms with van der Waals surface area (Å²) in [5.41, 5.74) is 2.98. The summed E-state index contributed by atoms with van der Waals surface area (Å²) in [7, 11) is 0. The third-order valence-electron chi connectivity index (χ3n) is 2.74. The van der Waals surface area contributed by atoms with Crippen molar-refractivity contribution in [1.29, 1.82) is 0 Å². The third-order valence-corrected chi connectivity index (χ3v) is 2.74. The molecule has 0 unspecified atom stereocenters. The number of fused-ring (bicyclic) bond motifs is 1. The molecule has 0 radical (unpaired) electrons.